The van der Waals surface area contributed by atoms with Crippen LogP contribution < -0.4 is 9.62 Å². The molecule has 1 aromatic heterocycles. The molecule has 0 aliphatic rings. The second kappa shape index (κ2) is 8.90. The number of hydrogen-bond acceptors (Lipinski definition) is 5. The van der Waals surface area contributed by atoms with Gasteiger partial charge in [0.2, 0.25) is 15.9 Å². The van der Waals surface area contributed by atoms with Crippen molar-refractivity contribution >= 4 is 60.5 Å². The smallest absolute Gasteiger partial charge is 0.245 e. The fourth-order valence-corrected chi connectivity index (χ4v) is 5.32. The van der Waals surface area contributed by atoms with E-state index in [-0.39, 0.29) is 6.54 Å². The molecular weight excluding hydrogens is 466 g/mol. The van der Waals surface area contributed by atoms with Gasteiger partial charge in [-0.15, -0.1) is 11.3 Å². The van der Waals surface area contributed by atoms with Gasteiger partial charge in [0.1, 0.15) is 11.6 Å². The van der Waals surface area contributed by atoms with Crippen LogP contribution in [-0.2, 0) is 14.8 Å². The maximum absolute atomic E-state index is 12.6. The van der Waals surface area contributed by atoms with Crippen molar-refractivity contribution < 1.29 is 13.2 Å². The average Bonchev–Trinajstić information content (AvgIpc) is 3.15. The minimum atomic E-state index is -3.67. The first kappa shape index (κ1) is 22.3. The molecule has 0 saturated heterocycles. The zero-order valence-corrected chi connectivity index (χ0v) is 19.8. The summed E-state index contributed by atoms with van der Waals surface area (Å²) in [6.07, 6.45) is 1.05. The number of nitrogens with zero attached hydrogens (tertiary/aromatic N) is 2. The average molecular weight is 486 g/mol. The van der Waals surface area contributed by atoms with E-state index in [2.05, 4.69) is 16.4 Å². The molecule has 4 aromatic rings. The molecule has 0 unspecified atom stereocenters. The number of hydrogen-bond donors (Lipinski definition) is 1. The van der Waals surface area contributed by atoms with Crippen LogP contribution in [-0.4, -0.2) is 32.1 Å². The highest BCUT2D eigenvalue weighted by molar-refractivity contribution is 7.92. The Hall–Kier alpha value is -2.94. The maximum atomic E-state index is 12.6. The molecule has 164 valence electrons. The van der Waals surface area contributed by atoms with Gasteiger partial charge in [-0.25, -0.2) is 13.4 Å². The molecular formula is C23H20ClN3O3S2. The molecule has 9 heteroatoms. The Bertz CT molecular complexity index is 1400. The summed E-state index contributed by atoms with van der Waals surface area (Å²) in [5.41, 5.74) is 3.98. The molecule has 0 aliphatic carbocycles. The van der Waals surface area contributed by atoms with Crippen molar-refractivity contribution in [1.29, 1.82) is 0 Å². The van der Waals surface area contributed by atoms with Crippen molar-refractivity contribution in [1.82, 2.24) is 4.98 Å². The maximum Gasteiger partial charge on any atom is 0.245 e. The van der Waals surface area contributed by atoms with Crippen molar-refractivity contribution in [2.45, 2.75) is 6.92 Å². The quantitative estimate of drug-likeness (QED) is 0.400. The van der Waals surface area contributed by atoms with Gasteiger partial charge in [0.25, 0.3) is 0 Å². The van der Waals surface area contributed by atoms with Crippen LogP contribution in [0.5, 0.6) is 0 Å². The van der Waals surface area contributed by atoms with Gasteiger partial charge in [0.15, 0.2) is 0 Å². The van der Waals surface area contributed by atoms with Crippen LogP contribution in [0.25, 0.3) is 20.8 Å². The van der Waals surface area contributed by atoms with Crippen molar-refractivity contribution in [2.24, 2.45) is 0 Å². The monoisotopic (exact) mass is 485 g/mol. The van der Waals surface area contributed by atoms with Crippen LogP contribution in [0.2, 0.25) is 5.02 Å². The third-order valence-electron chi connectivity index (χ3n) is 4.74. The molecule has 1 heterocycles. The number of carbonyl (C=O) groups excluding carboxylic acids is 1. The lowest BCUT2D eigenvalue weighted by atomic mass is 10.2. The molecule has 0 bridgehead atoms. The van der Waals surface area contributed by atoms with Crippen LogP contribution >= 0.6 is 22.9 Å². The molecule has 0 aliphatic heterocycles. The molecule has 6 nitrogen and oxygen atoms in total. The summed E-state index contributed by atoms with van der Waals surface area (Å²) in [6.45, 7) is 1.69. The summed E-state index contributed by atoms with van der Waals surface area (Å²) in [7, 11) is -3.67. The topological polar surface area (TPSA) is 79.4 Å². The number of nitrogens with one attached hydrogen (secondary N) is 1. The van der Waals surface area contributed by atoms with Crippen LogP contribution in [0.1, 0.15) is 5.56 Å². The number of fused-ring (bicyclic) bond motifs is 1. The number of halogens is 1. The zero-order chi connectivity index (χ0) is 22.9. The Morgan fingerprint density at radius 2 is 1.84 bits per heavy atom. The van der Waals surface area contributed by atoms with E-state index in [1.807, 2.05) is 31.2 Å². The molecule has 0 saturated carbocycles. The first-order valence-electron chi connectivity index (χ1n) is 9.70. The summed E-state index contributed by atoms with van der Waals surface area (Å²) in [4.78, 5) is 17.2. The Labute approximate surface area is 195 Å². The van der Waals surface area contributed by atoms with Gasteiger partial charge < -0.3 is 5.32 Å². The zero-order valence-electron chi connectivity index (χ0n) is 17.4. The van der Waals surface area contributed by atoms with E-state index in [1.54, 1.807) is 41.7 Å². The van der Waals surface area contributed by atoms with Crippen molar-refractivity contribution in [2.75, 3.05) is 22.4 Å². The number of amides is 1. The normalized spacial score (nSPS) is 11.5. The number of benzene rings is 3. The third kappa shape index (κ3) is 5.09. The van der Waals surface area contributed by atoms with Crippen molar-refractivity contribution in [3.8, 4) is 10.6 Å². The van der Waals surface area contributed by atoms with Crippen LogP contribution in [0, 0.1) is 6.92 Å². The lowest BCUT2D eigenvalue weighted by Crippen LogP contribution is -2.37. The predicted molar refractivity (Wildman–Crippen MR) is 132 cm³/mol. The van der Waals surface area contributed by atoms with Crippen LogP contribution in [0.4, 0.5) is 11.4 Å². The number of carbonyl (C=O) groups is 1. The summed E-state index contributed by atoms with van der Waals surface area (Å²) >= 11 is 7.59. The molecule has 0 fully saturated rings. The van der Waals surface area contributed by atoms with Crippen molar-refractivity contribution in [3.63, 3.8) is 0 Å². The summed E-state index contributed by atoms with van der Waals surface area (Å²) < 4.78 is 26.6. The van der Waals surface area contributed by atoms with Gasteiger partial charge in [0, 0.05) is 16.3 Å². The van der Waals surface area contributed by atoms with Gasteiger partial charge in [-0.3, -0.25) is 9.10 Å². The van der Waals surface area contributed by atoms with E-state index < -0.39 is 15.9 Å². The molecule has 32 heavy (non-hydrogen) atoms. The summed E-state index contributed by atoms with van der Waals surface area (Å²) in [5.74, 6) is -0.460. The van der Waals surface area contributed by atoms with Crippen LogP contribution in [0.3, 0.4) is 0 Å². The van der Waals surface area contributed by atoms with Crippen molar-refractivity contribution in [3.05, 3.63) is 77.3 Å². The minimum absolute atomic E-state index is 0.330. The van der Waals surface area contributed by atoms with E-state index in [0.29, 0.717) is 16.4 Å². The Morgan fingerprint density at radius 3 is 2.53 bits per heavy atom. The van der Waals surface area contributed by atoms with Gasteiger partial charge in [-0.05, 0) is 67.1 Å². The highest BCUT2D eigenvalue weighted by Gasteiger charge is 2.21. The Kier molecular flexibility index (Phi) is 6.19. The third-order valence-corrected chi connectivity index (χ3v) is 7.19. The van der Waals surface area contributed by atoms with Crippen LogP contribution in [0.15, 0.2) is 66.7 Å². The van der Waals surface area contributed by atoms with E-state index in [0.717, 1.165) is 31.3 Å². The lowest BCUT2D eigenvalue weighted by molar-refractivity contribution is -0.114. The molecule has 0 spiro atoms. The molecule has 0 radical (unpaired) electrons. The second-order valence-electron chi connectivity index (χ2n) is 7.37. The molecule has 1 amide bonds. The van der Waals surface area contributed by atoms with E-state index >= 15 is 0 Å². The second-order valence-corrected chi connectivity index (χ2v) is 10.7. The first-order valence-corrected chi connectivity index (χ1v) is 12.7. The molecule has 3 aromatic carbocycles. The lowest BCUT2D eigenvalue weighted by Gasteiger charge is -2.22. The SMILES string of the molecule is Cc1ccc2nc(-c3ccc(NC(=O)CN(c4cccc(Cl)c4)S(C)(=O)=O)cc3)sc2c1. The summed E-state index contributed by atoms with van der Waals surface area (Å²) in [6, 6.07) is 19.8. The fraction of sp³-hybridized carbons (Fsp3) is 0.130. The van der Waals surface area contributed by atoms with E-state index in [4.69, 9.17) is 11.6 Å². The first-order chi connectivity index (χ1) is 15.2. The number of rotatable bonds is 6. The number of aryl methyl sites for hydroxylation is 1. The summed E-state index contributed by atoms with van der Waals surface area (Å²) in [5, 5.41) is 4.03. The fourth-order valence-electron chi connectivity index (χ4n) is 3.21. The largest absolute Gasteiger partial charge is 0.325 e. The standard InChI is InChI=1S/C23H20ClN3O3S2/c1-15-6-11-20-21(12-15)31-23(26-20)16-7-9-18(10-8-16)25-22(28)14-27(32(2,29)30)19-5-3-4-17(24)13-19/h3-13H,14H2,1-2H3,(H,25,28). The Morgan fingerprint density at radius 1 is 1.09 bits per heavy atom. The van der Waals surface area contributed by atoms with Gasteiger partial charge in [0.05, 0.1) is 22.2 Å². The highest BCUT2D eigenvalue weighted by atomic mass is 35.5. The van der Waals surface area contributed by atoms with E-state index in [9.17, 15) is 13.2 Å². The van der Waals surface area contributed by atoms with Gasteiger partial charge in [-0.2, -0.15) is 0 Å². The number of sulfonamides is 1. The number of aromatic nitrogens is 1. The minimum Gasteiger partial charge on any atom is -0.325 e. The Balaban J connectivity index is 1.49. The predicted octanol–water partition coefficient (Wildman–Crippen LogP) is 5.33. The number of thiazole rings is 1. The highest BCUT2D eigenvalue weighted by Crippen LogP contribution is 2.31. The molecule has 4 rings (SSSR count). The van der Waals surface area contributed by atoms with Gasteiger partial charge >= 0.3 is 0 Å². The number of anilines is 2. The molecule has 1 N–H and O–H groups in total. The molecule has 0 atom stereocenters. The van der Waals surface area contributed by atoms with Gasteiger partial charge in [-0.1, -0.05) is 23.7 Å². The van der Waals surface area contributed by atoms with E-state index in [1.165, 1.54) is 11.6 Å².